The molecule has 3 heteroatoms. The molecule has 2 fully saturated rings. The summed E-state index contributed by atoms with van der Waals surface area (Å²) in [6.45, 7) is 4.85. The summed E-state index contributed by atoms with van der Waals surface area (Å²) in [6, 6.07) is 11.5. The van der Waals surface area contributed by atoms with Crippen LogP contribution in [0.5, 0.6) is 0 Å². The topological polar surface area (TPSA) is 35.5 Å². The van der Waals surface area contributed by atoms with Crippen molar-refractivity contribution < 1.29 is 5.11 Å². The minimum Gasteiger partial charge on any atom is -0.396 e. The molecule has 0 amide bonds. The number of nitrogens with one attached hydrogen (secondary N) is 1. The number of benzene rings is 1. The smallest absolute Gasteiger partial charge is 0.0443 e. The summed E-state index contributed by atoms with van der Waals surface area (Å²) in [5.41, 5.74) is 1.43. The van der Waals surface area contributed by atoms with Crippen molar-refractivity contribution in [2.45, 2.75) is 38.3 Å². The summed E-state index contributed by atoms with van der Waals surface area (Å²) in [5, 5.41) is 12.6. The van der Waals surface area contributed by atoms with Crippen LogP contribution in [0.3, 0.4) is 0 Å². The van der Waals surface area contributed by atoms with Crippen LogP contribution in [0, 0.1) is 11.8 Å². The number of likely N-dealkylation sites (tertiary alicyclic amines) is 1. The van der Waals surface area contributed by atoms with E-state index in [1.165, 1.54) is 37.9 Å². The zero-order valence-corrected chi connectivity index (χ0v) is 12.9. The summed E-state index contributed by atoms with van der Waals surface area (Å²) in [4.78, 5) is 2.64. The Hall–Kier alpha value is -0.900. The second kappa shape index (κ2) is 7.39. The van der Waals surface area contributed by atoms with Gasteiger partial charge in [-0.05, 0) is 43.2 Å². The summed E-state index contributed by atoms with van der Waals surface area (Å²) < 4.78 is 0. The Kier molecular flexibility index (Phi) is 5.28. The van der Waals surface area contributed by atoms with Gasteiger partial charge in [0.25, 0.3) is 0 Å². The molecule has 1 aromatic rings. The van der Waals surface area contributed by atoms with Gasteiger partial charge in [0, 0.05) is 32.3 Å². The van der Waals surface area contributed by atoms with Gasteiger partial charge in [-0.1, -0.05) is 36.8 Å². The Labute approximate surface area is 128 Å². The molecule has 2 aliphatic rings. The molecule has 3 rings (SSSR count). The molecule has 1 aromatic carbocycles. The first-order valence-corrected chi connectivity index (χ1v) is 8.47. The number of nitrogens with zero attached hydrogens (tertiary/aromatic N) is 1. The Balaban J connectivity index is 1.55. The number of aliphatic hydroxyl groups excluding tert-OH is 1. The molecule has 1 saturated carbocycles. The van der Waals surface area contributed by atoms with E-state index in [1.54, 1.807) is 0 Å². The SMILES string of the molecule is OCCCN[C@@H]1CCC[C@H]2CN(Cc3ccccc3)C[C@H]21. The monoisotopic (exact) mass is 288 g/mol. The molecule has 0 unspecified atom stereocenters. The van der Waals surface area contributed by atoms with E-state index in [9.17, 15) is 0 Å². The molecule has 1 saturated heterocycles. The van der Waals surface area contributed by atoms with Crippen LogP contribution in [-0.2, 0) is 6.54 Å². The Morgan fingerprint density at radius 1 is 1.14 bits per heavy atom. The second-order valence-electron chi connectivity index (χ2n) is 6.67. The van der Waals surface area contributed by atoms with E-state index in [-0.39, 0.29) is 0 Å². The van der Waals surface area contributed by atoms with Gasteiger partial charge in [-0.3, -0.25) is 4.90 Å². The lowest BCUT2D eigenvalue weighted by Crippen LogP contribution is -2.43. The van der Waals surface area contributed by atoms with Crippen molar-refractivity contribution in [2.24, 2.45) is 11.8 Å². The molecule has 0 bridgehead atoms. The van der Waals surface area contributed by atoms with Crippen LogP contribution >= 0.6 is 0 Å². The molecule has 0 radical (unpaired) electrons. The van der Waals surface area contributed by atoms with E-state index < -0.39 is 0 Å². The fourth-order valence-corrected chi connectivity index (χ4v) is 4.15. The Morgan fingerprint density at radius 3 is 2.81 bits per heavy atom. The lowest BCUT2D eigenvalue weighted by molar-refractivity contribution is 0.214. The molecule has 3 atom stereocenters. The highest BCUT2D eigenvalue weighted by atomic mass is 16.3. The number of rotatable bonds is 6. The minimum absolute atomic E-state index is 0.300. The van der Waals surface area contributed by atoms with Crippen molar-refractivity contribution in [3.05, 3.63) is 35.9 Å². The van der Waals surface area contributed by atoms with Gasteiger partial charge in [0.2, 0.25) is 0 Å². The largest absolute Gasteiger partial charge is 0.396 e. The maximum atomic E-state index is 8.94. The first kappa shape index (κ1) is 15.0. The van der Waals surface area contributed by atoms with Gasteiger partial charge in [0.05, 0.1) is 0 Å². The highest BCUT2D eigenvalue weighted by Gasteiger charge is 2.39. The van der Waals surface area contributed by atoms with E-state index in [0.29, 0.717) is 12.6 Å². The molecular weight excluding hydrogens is 260 g/mol. The third-order valence-electron chi connectivity index (χ3n) is 5.16. The highest BCUT2D eigenvalue weighted by Crippen LogP contribution is 2.36. The molecule has 1 aliphatic heterocycles. The molecular formula is C18H28N2O. The van der Waals surface area contributed by atoms with E-state index in [4.69, 9.17) is 5.11 Å². The summed E-state index contributed by atoms with van der Waals surface area (Å²) in [5.74, 6) is 1.68. The predicted octanol–water partition coefficient (Wildman–Crippen LogP) is 2.26. The Morgan fingerprint density at radius 2 is 2.00 bits per heavy atom. The van der Waals surface area contributed by atoms with E-state index in [0.717, 1.165) is 31.3 Å². The zero-order chi connectivity index (χ0) is 14.5. The summed E-state index contributed by atoms with van der Waals surface area (Å²) in [7, 11) is 0. The van der Waals surface area contributed by atoms with E-state index in [1.807, 2.05) is 0 Å². The van der Waals surface area contributed by atoms with Crippen molar-refractivity contribution in [1.82, 2.24) is 10.2 Å². The van der Waals surface area contributed by atoms with Crippen molar-refractivity contribution in [1.29, 1.82) is 0 Å². The first-order valence-electron chi connectivity index (χ1n) is 8.47. The van der Waals surface area contributed by atoms with Crippen LogP contribution in [0.1, 0.15) is 31.2 Å². The molecule has 116 valence electrons. The number of aliphatic hydroxyl groups is 1. The van der Waals surface area contributed by atoms with Gasteiger partial charge >= 0.3 is 0 Å². The lowest BCUT2D eigenvalue weighted by atomic mass is 9.78. The quantitative estimate of drug-likeness (QED) is 0.788. The maximum Gasteiger partial charge on any atom is 0.0443 e. The van der Waals surface area contributed by atoms with E-state index >= 15 is 0 Å². The van der Waals surface area contributed by atoms with Crippen molar-refractivity contribution in [3.8, 4) is 0 Å². The second-order valence-corrected chi connectivity index (χ2v) is 6.67. The predicted molar refractivity (Wildman–Crippen MR) is 86.0 cm³/mol. The lowest BCUT2D eigenvalue weighted by Gasteiger charge is -2.33. The van der Waals surface area contributed by atoms with E-state index in [2.05, 4.69) is 40.5 Å². The van der Waals surface area contributed by atoms with Gasteiger partial charge < -0.3 is 10.4 Å². The van der Waals surface area contributed by atoms with Crippen molar-refractivity contribution in [3.63, 3.8) is 0 Å². The molecule has 1 aliphatic carbocycles. The zero-order valence-electron chi connectivity index (χ0n) is 12.9. The molecule has 2 N–H and O–H groups in total. The molecule has 0 spiro atoms. The standard InChI is InChI=1S/C18H28N2O/c21-11-5-10-19-18-9-4-8-16-13-20(14-17(16)18)12-15-6-2-1-3-7-15/h1-3,6-7,16-19,21H,4-5,8-14H2/t16-,17+,18+/m0/s1. The number of hydrogen-bond donors (Lipinski definition) is 2. The molecule has 3 nitrogen and oxygen atoms in total. The van der Waals surface area contributed by atoms with Crippen LogP contribution in [0.15, 0.2) is 30.3 Å². The molecule has 21 heavy (non-hydrogen) atoms. The minimum atomic E-state index is 0.300. The molecule has 0 aromatic heterocycles. The van der Waals surface area contributed by atoms with Crippen molar-refractivity contribution in [2.75, 3.05) is 26.2 Å². The fraction of sp³-hybridized carbons (Fsp3) is 0.667. The first-order chi connectivity index (χ1) is 10.4. The summed E-state index contributed by atoms with van der Waals surface area (Å²) >= 11 is 0. The van der Waals surface area contributed by atoms with Gasteiger partial charge in [0.15, 0.2) is 0 Å². The molecule has 1 heterocycles. The normalized spacial score (nSPS) is 29.5. The third kappa shape index (κ3) is 3.85. The van der Waals surface area contributed by atoms with Crippen molar-refractivity contribution >= 4 is 0 Å². The fourth-order valence-electron chi connectivity index (χ4n) is 4.15. The number of hydrogen-bond acceptors (Lipinski definition) is 3. The van der Waals surface area contributed by atoms with Crippen LogP contribution in [0.25, 0.3) is 0 Å². The van der Waals surface area contributed by atoms with Crippen LogP contribution in [0.2, 0.25) is 0 Å². The van der Waals surface area contributed by atoms with Gasteiger partial charge in [-0.15, -0.1) is 0 Å². The van der Waals surface area contributed by atoms with Crippen LogP contribution in [-0.4, -0.2) is 42.3 Å². The van der Waals surface area contributed by atoms with Gasteiger partial charge in [-0.25, -0.2) is 0 Å². The third-order valence-corrected chi connectivity index (χ3v) is 5.16. The van der Waals surface area contributed by atoms with Gasteiger partial charge in [-0.2, -0.15) is 0 Å². The van der Waals surface area contributed by atoms with Gasteiger partial charge in [0.1, 0.15) is 0 Å². The number of fused-ring (bicyclic) bond motifs is 1. The maximum absolute atomic E-state index is 8.94. The van der Waals surface area contributed by atoms with Crippen LogP contribution < -0.4 is 5.32 Å². The van der Waals surface area contributed by atoms with Crippen LogP contribution in [0.4, 0.5) is 0 Å². The Bertz CT molecular complexity index is 422. The average Bonchev–Trinajstić information content (AvgIpc) is 2.92. The summed E-state index contributed by atoms with van der Waals surface area (Å²) in [6.07, 6.45) is 4.94. The average molecular weight is 288 g/mol. The highest BCUT2D eigenvalue weighted by molar-refractivity contribution is 5.15.